The van der Waals surface area contributed by atoms with E-state index >= 15 is 0 Å². The third-order valence-corrected chi connectivity index (χ3v) is 2.13. The van der Waals surface area contributed by atoms with Gasteiger partial charge in [0.2, 0.25) is 0 Å². The molecule has 2 heterocycles. The number of hydrogen-bond acceptors (Lipinski definition) is 3. The number of hydrogen-bond donors (Lipinski definition) is 0. The zero-order valence-electron chi connectivity index (χ0n) is 8.18. The normalized spacial score (nSPS) is 10.1. The van der Waals surface area contributed by atoms with Crippen LogP contribution in [0.5, 0.6) is 0 Å². The predicted octanol–water partition coefficient (Wildman–Crippen LogP) is 0.672. The van der Waals surface area contributed by atoms with E-state index in [2.05, 4.69) is 15.0 Å². The van der Waals surface area contributed by atoms with Crippen molar-refractivity contribution in [3.05, 3.63) is 36.8 Å². The Morgan fingerprint density at radius 2 is 2.14 bits per heavy atom. The SMILES string of the molecule is Cc1ncncc1-c1ccnc[n+]1C. The van der Waals surface area contributed by atoms with Crippen molar-refractivity contribution in [1.29, 1.82) is 0 Å². The lowest BCUT2D eigenvalue weighted by Crippen LogP contribution is -2.31. The van der Waals surface area contributed by atoms with Crippen molar-refractivity contribution in [3.63, 3.8) is 0 Å². The molecule has 14 heavy (non-hydrogen) atoms. The van der Waals surface area contributed by atoms with Gasteiger partial charge in [0.15, 0.2) is 0 Å². The summed E-state index contributed by atoms with van der Waals surface area (Å²) in [4.78, 5) is 12.2. The molecule has 2 aromatic heterocycles. The van der Waals surface area contributed by atoms with Crippen LogP contribution in [0, 0.1) is 6.92 Å². The highest BCUT2D eigenvalue weighted by Gasteiger charge is 2.09. The first-order valence-electron chi connectivity index (χ1n) is 4.35. The van der Waals surface area contributed by atoms with Gasteiger partial charge in [-0.25, -0.2) is 14.5 Å². The summed E-state index contributed by atoms with van der Waals surface area (Å²) >= 11 is 0. The summed E-state index contributed by atoms with van der Waals surface area (Å²) in [6, 6.07) is 1.95. The molecule has 4 heteroatoms. The van der Waals surface area contributed by atoms with Crippen LogP contribution < -0.4 is 4.57 Å². The molecular formula is C10H11N4+. The van der Waals surface area contributed by atoms with E-state index in [4.69, 9.17) is 0 Å². The van der Waals surface area contributed by atoms with Crippen molar-refractivity contribution in [2.75, 3.05) is 0 Å². The van der Waals surface area contributed by atoms with Gasteiger partial charge in [-0.2, -0.15) is 0 Å². The van der Waals surface area contributed by atoms with Crippen molar-refractivity contribution in [2.45, 2.75) is 6.92 Å². The molecule has 0 unspecified atom stereocenters. The van der Waals surface area contributed by atoms with E-state index in [-0.39, 0.29) is 0 Å². The van der Waals surface area contributed by atoms with Crippen LogP contribution >= 0.6 is 0 Å². The van der Waals surface area contributed by atoms with Gasteiger partial charge in [-0.1, -0.05) is 4.98 Å². The molecule has 0 N–H and O–H groups in total. The summed E-state index contributed by atoms with van der Waals surface area (Å²) in [7, 11) is 1.95. The molecule has 2 aromatic rings. The molecule has 0 fully saturated rings. The molecule has 0 saturated carbocycles. The molecule has 0 aliphatic heterocycles. The first kappa shape index (κ1) is 8.74. The number of rotatable bonds is 1. The van der Waals surface area contributed by atoms with E-state index in [1.807, 2.05) is 30.8 Å². The number of aryl methyl sites for hydroxylation is 2. The van der Waals surface area contributed by atoms with Gasteiger partial charge in [0.25, 0.3) is 6.33 Å². The van der Waals surface area contributed by atoms with Gasteiger partial charge in [0, 0.05) is 12.3 Å². The van der Waals surface area contributed by atoms with Gasteiger partial charge in [0.05, 0.1) is 18.3 Å². The van der Waals surface area contributed by atoms with E-state index < -0.39 is 0 Å². The zero-order chi connectivity index (χ0) is 9.97. The highest BCUT2D eigenvalue weighted by Crippen LogP contribution is 2.15. The largest absolute Gasteiger partial charge is 0.286 e. The topological polar surface area (TPSA) is 42.6 Å². The zero-order valence-corrected chi connectivity index (χ0v) is 8.18. The maximum atomic E-state index is 4.15. The van der Waals surface area contributed by atoms with E-state index in [1.165, 1.54) is 0 Å². The summed E-state index contributed by atoms with van der Waals surface area (Å²) < 4.78 is 1.95. The monoisotopic (exact) mass is 187 g/mol. The average molecular weight is 187 g/mol. The minimum Gasteiger partial charge on any atom is -0.244 e. The Balaban J connectivity index is 2.61. The molecule has 0 atom stereocenters. The maximum Gasteiger partial charge on any atom is 0.286 e. The first-order valence-corrected chi connectivity index (χ1v) is 4.35. The van der Waals surface area contributed by atoms with Crippen LogP contribution in [0.2, 0.25) is 0 Å². The highest BCUT2D eigenvalue weighted by atomic mass is 15.0. The Kier molecular flexibility index (Phi) is 2.18. The maximum absolute atomic E-state index is 4.15. The number of nitrogens with zero attached hydrogens (tertiary/aromatic N) is 4. The van der Waals surface area contributed by atoms with Crippen LogP contribution in [0.3, 0.4) is 0 Å². The van der Waals surface area contributed by atoms with Gasteiger partial charge in [0.1, 0.15) is 18.2 Å². The summed E-state index contributed by atoms with van der Waals surface area (Å²) in [5.41, 5.74) is 3.08. The Morgan fingerprint density at radius 3 is 2.86 bits per heavy atom. The Bertz CT molecular complexity index is 410. The van der Waals surface area contributed by atoms with E-state index in [0.717, 1.165) is 17.0 Å². The lowest BCUT2D eigenvalue weighted by molar-refractivity contribution is -0.663. The summed E-state index contributed by atoms with van der Waals surface area (Å²) in [6.07, 6.45) is 6.90. The lowest BCUT2D eigenvalue weighted by atomic mass is 10.2. The highest BCUT2D eigenvalue weighted by molar-refractivity contribution is 5.56. The Labute approximate surface area is 82.3 Å². The molecule has 0 aliphatic carbocycles. The van der Waals surface area contributed by atoms with Crippen molar-refractivity contribution in [3.8, 4) is 11.3 Å². The van der Waals surface area contributed by atoms with Crippen LogP contribution in [0.15, 0.2) is 31.1 Å². The minimum atomic E-state index is 0.974. The van der Waals surface area contributed by atoms with Crippen LogP contribution in [0.4, 0.5) is 0 Å². The molecule has 0 saturated heterocycles. The second-order valence-corrected chi connectivity index (χ2v) is 3.10. The number of aromatic nitrogens is 4. The standard InChI is InChI=1S/C10H11N4/c1-8-9(5-12-6-13-8)10-3-4-11-7-14(10)2/h3-7H,1-2H3/q+1. The second kappa shape index (κ2) is 3.49. The molecule has 0 amide bonds. The molecule has 0 radical (unpaired) electrons. The lowest BCUT2D eigenvalue weighted by Gasteiger charge is -2.02. The van der Waals surface area contributed by atoms with E-state index in [9.17, 15) is 0 Å². The average Bonchev–Trinajstić information content (AvgIpc) is 2.20. The predicted molar refractivity (Wildman–Crippen MR) is 51.2 cm³/mol. The van der Waals surface area contributed by atoms with Gasteiger partial charge >= 0.3 is 0 Å². The fourth-order valence-corrected chi connectivity index (χ4v) is 1.35. The minimum absolute atomic E-state index is 0.974. The third-order valence-electron chi connectivity index (χ3n) is 2.13. The fraction of sp³-hybridized carbons (Fsp3) is 0.200. The molecule has 2 rings (SSSR count). The van der Waals surface area contributed by atoms with Crippen LogP contribution in [0.1, 0.15) is 5.69 Å². The molecule has 0 aromatic carbocycles. The molecule has 0 spiro atoms. The van der Waals surface area contributed by atoms with Crippen molar-refractivity contribution in [1.82, 2.24) is 15.0 Å². The third kappa shape index (κ3) is 1.46. The van der Waals surface area contributed by atoms with Crippen molar-refractivity contribution in [2.24, 2.45) is 7.05 Å². The molecule has 70 valence electrons. The summed E-state index contributed by atoms with van der Waals surface area (Å²) in [6.45, 7) is 1.97. The van der Waals surface area contributed by atoms with Gasteiger partial charge in [-0.05, 0) is 6.92 Å². The van der Waals surface area contributed by atoms with Crippen LogP contribution in [-0.2, 0) is 7.05 Å². The molecule has 0 aliphatic rings. The fourth-order valence-electron chi connectivity index (χ4n) is 1.35. The van der Waals surface area contributed by atoms with Crippen LogP contribution in [-0.4, -0.2) is 15.0 Å². The molecule has 0 bridgehead atoms. The van der Waals surface area contributed by atoms with Gasteiger partial charge in [-0.15, -0.1) is 0 Å². The van der Waals surface area contributed by atoms with Gasteiger partial charge < -0.3 is 0 Å². The van der Waals surface area contributed by atoms with E-state index in [0.29, 0.717) is 0 Å². The van der Waals surface area contributed by atoms with Gasteiger partial charge in [-0.3, -0.25) is 0 Å². The Hall–Kier alpha value is -1.84. The summed E-state index contributed by atoms with van der Waals surface area (Å²) in [5.74, 6) is 0. The smallest absolute Gasteiger partial charge is 0.244 e. The molecular weight excluding hydrogens is 176 g/mol. The Morgan fingerprint density at radius 1 is 1.29 bits per heavy atom. The van der Waals surface area contributed by atoms with Crippen LogP contribution in [0.25, 0.3) is 11.3 Å². The van der Waals surface area contributed by atoms with Crippen molar-refractivity contribution < 1.29 is 4.57 Å². The van der Waals surface area contributed by atoms with E-state index in [1.54, 1.807) is 18.9 Å². The summed E-state index contributed by atoms with van der Waals surface area (Å²) in [5, 5.41) is 0. The first-order chi connectivity index (χ1) is 6.79. The second-order valence-electron chi connectivity index (χ2n) is 3.10. The van der Waals surface area contributed by atoms with Crippen molar-refractivity contribution >= 4 is 0 Å². The molecule has 4 nitrogen and oxygen atoms in total. The quantitative estimate of drug-likeness (QED) is 0.616.